The zero-order chi connectivity index (χ0) is 21.0. The molecule has 1 atom stereocenters. The number of Topliss-reactive ketones (excluding diaryl/α,β-unsaturated/α-hetero) is 1. The Labute approximate surface area is 171 Å². The molecule has 0 fully saturated rings. The van der Waals surface area contributed by atoms with Gasteiger partial charge in [-0.15, -0.1) is 0 Å². The van der Waals surface area contributed by atoms with Crippen molar-refractivity contribution < 1.29 is 19.1 Å². The Bertz CT molecular complexity index is 937. The van der Waals surface area contributed by atoms with Crippen molar-refractivity contribution in [1.29, 1.82) is 0 Å². The molecule has 0 aromatic heterocycles. The fraction of sp³-hybridized carbons (Fsp3) is 0.304. The van der Waals surface area contributed by atoms with Crippen LogP contribution in [0.2, 0.25) is 0 Å². The molecular weight excluding hydrogens is 368 g/mol. The number of allylic oxidation sites excluding steroid dienone is 1. The van der Waals surface area contributed by atoms with Gasteiger partial charge in [0.05, 0.1) is 12.6 Å². The number of benzene rings is 2. The van der Waals surface area contributed by atoms with E-state index in [4.69, 9.17) is 9.47 Å². The first-order chi connectivity index (χ1) is 13.9. The predicted octanol–water partition coefficient (Wildman–Crippen LogP) is 4.22. The van der Waals surface area contributed by atoms with Gasteiger partial charge in [-0.05, 0) is 44.0 Å². The van der Waals surface area contributed by atoms with Crippen LogP contribution in [0.1, 0.15) is 37.9 Å². The van der Waals surface area contributed by atoms with Gasteiger partial charge < -0.3 is 19.7 Å². The number of hydrogen-bond donors (Lipinski definition) is 1. The Kier molecular flexibility index (Phi) is 6.22. The first kappa shape index (κ1) is 20.5. The second kappa shape index (κ2) is 8.82. The highest BCUT2D eigenvalue weighted by Crippen LogP contribution is 2.36. The molecule has 2 amide bonds. The van der Waals surface area contributed by atoms with Gasteiger partial charge in [-0.25, -0.2) is 4.79 Å². The van der Waals surface area contributed by atoms with E-state index in [1.807, 2.05) is 55.5 Å². The molecule has 1 aliphatic heterocycles. The van der Waals surface area contributed by atoms with Crippen molar-refractivity contribution in [3.63, 3.8) is 0 Å². The van der Waals surface area contributed by atoms with Crippen LogP contribution in [0.3, 0.4) is 0 Å². The summed E-state index contributed by atoms with van der Waals surface area (Å²) in [4.78, 5) is 26.0. The van der Waals surface area contributed by atoms with Crippen molar-refractivity contribution in [2.24, 2.45) is 0 Å². The van der Waals surface area contributed by atoms with Crippen LogP contribution >= 0.6 is 0 Å². The van der Waals surface area contributed by atoms with E-state index >= 15 is 0 Å². The second-order valence-corrected chi connectivity index (χ2v) is 6.91. The first-order valence-electron chi connectivity index (χ1n) is 9.61. The summed E-state index contributed by atoms with van der Waals surface area (Å²) in [7, 11) is 1.65. The van der Waals surface area contributed by atoms with Crippen LogP contribution < -0.4 is 14.8 Å². The summed E-state index contributed by atoms with van der Waals surface area (Å²) >= 11 is 0. The normalized spacial score (nSPS) is 16.5. The maximum absolute atomic E-state index is 12.3. The predicted molar refractivity (Wildman–Crippen MR) is 111 cm³/mol. The highest BCUT2D eigenvalue weighted by molar-refractivity contribution is 5.98. The SMILES string of the molecule is CCOc1cc([C@@H]2NC(=O)N(C)C(C)=C2C(C)=O)ccc1OCc1ccccc1. The number of rotatable bonds is 7. The van der Waals surface area contributed by atoms with Crippen LogP contribution in [0.15, 0.2) is 59.8 Å². The third kappa shape index (κ3) is 4.42. The monoisotopic (exact) mass is 394 g/mol. The average Bonchev–Trinajstić information content (AvgIpc) is 2.71. The summed E-state index contributed by atoms with van der Waals surface area (Å²) in [6.45, 7) is 6.08. The van der Waals surface area contributed by atoms with Gasteiger partial charge in [0.1, 0.15) is 6.61 Å². The fourth-order valence-corrected chi connectivity index (χ4v) is 3.37. The Morgan fingerprint density at radius 1 is 1.10 bits per heavy atom. The number of carbonyl (C=O) groups excluding carboxylic acids is 2. The molecular formula is C23H26N2O4. The molecule has 6 nitrogen and oxygen atoms in total. The van der Waals surface area contributed by atoms with Crippen LogP contribution in [0.4, 0.5) is 4.79 Å². The number of nitrogens with zero attached hydrogens (tertiary/aromatic N) is 1. The first-order valence-corrected chi connectivity index (χ1v) is 9.61. The Hall–Kier alpha value is -3.28. The third-order valence-corrected chi connectivity index (χ3v) is 4.97. The topological polar surface area (TPSA) is 67.9 Å². The van der Waals surface area contributed by atoms with Gasteiger partial charge in [0, 0.05) is 18.3 Å². The van der Waals surface area contributed by atoms with Gasteiger partial charge >= 0.3 is 6.03 Å². The highest BCUT2D eigenvalue weighted by atomic mass is 16.5. The number of ketones is 1. The quantitative estimate of drug-likeness (QED) is 0.763. The summed E-state index contributed by atoms with van der Waals surface area (Å²) in [5.74, 6) is 1.11. The molecule has 0 saturated carbocycles. The lowest BCUT2D eigenvalue weighted by Crippen LogP contribution is -2.45. The molecule has 0 aliphatic carbocycles. The lowest BCUT2D eigenvalue weighted by Gasteiger charge is -2.33. The molecule has 1 heterocycles. The van der Waals surface area contributed by atoms with Gasteiger partial charge in [-0.1, -0.05) is 36.4 Å². The molecule has 3 rings (SSSR count). The van der Waals surface area contributed by atoms with E-state index in [9.17, 15) is 9.59 Å². The largest absolute Gasteiger partial charge is 0.490 e. The molecule has 0 saturated heterocycles. The van der Waals surface area contributed by atoms with Gasteiger partial charge in [-0.3, -0.25) is 4.79 Å². The molecule has 0 spiro atoms. The van der Waals surface area contributed by atoms with Crippen molar-refractivity contribution in [1.82, 2.24) is 10.2 Å². The minimum atomic E-state index is -0.529. The van der Waals surface area contributed by atoms with Crippen LogP contribution in [-0.4, -0.2) is 30.4 Å². The minimum Gasteiger partial charge on any atom is -0.490 e. The van der Waals surface area contributed by atoms with Crippen LogP contribution in [0, 0.1) is 0 Å². The molecule has 29 heavy (non-hydrogen) atoms. The van der Waals surface area contributed by atoms with E-state index in [1.165, 1.54) is 11.8 Å². The summed E-state index contributed by atoms with van der Waals surface area (Å²) in [6.07, 6.45) is 0. The number of amides is 2. The molecule has 2 aromatic carbocycles. The summed E-state index contributed by atoms with van der Waals surface area (Å²) in [5, 5.41) is 2.90. The van der Waals surface area contributed by atoms with Gasteiger partial charge in [0.15, 0.2) is 17.3 Å². The smallest absolute Gasteiger partial charge is 0.322 e. The van der Waals surface area contributed by atoms with Crippen molar-refractivity contribution in [3.05, 3.63) is 70.9 Å². The summed E-state index contributed by atoms with van der Waals surface area (Å²) in [5.41, 5.74) is 3.03. The number of nitrogens with one attached hydrogen (secondary N) is 1. The third-order valence-electron chi connectivity index (χ3n) is 4.97. The van der Waals surface area contributed by atoms with Crippen LogP contribution in [-0.2, 0) is 11.4 Å². The van der Waals surface area contributed by atoms with Crippen molar-refractivity contribution in [2.45, 2.75) is 33.4 Å². The second-order valence-electron chi connectivity index (χ2n) is 6.91. The van der Waals surface area contributed by atoms with Gasteiger partial charge in [-0.2, -0.15) is 0 Å². The van der Waals surface area contributed by atoms with E-state index < -0.39 is 6.04 Å². The fourth-order valence-electron chi connectivity index (χ4n) is 3.37. The maximum Gasteiger partial charge on any atom is 0.322 e. The zero-order valence-corrected chi connectivity index (χ0v) is 17.2. The number of urea groups is 1. The molecule has 2 aromatic rings. The summed E-state index contributed by atoms with van der Waals surface area (Å²) < 4.78 is 11.7. The Morgan fingerprint density at radius 2 is 1.83 bits per heavy atom. The van der Waals surface area contributed by atoms with Gasteiger partial charge in [0.2, 0.25) is 0 Å². The van der Waals surface area contributed by atoms with Crippen molar-refractivity contribution in [3.8, 4) is 11.5 Å². The molecule has 0 unspecified atom stereocenters. The number of ether oxygens (including phenoxy) is 2. The van der Waals surface area contributed by atoms with E-state index in [1.54, 1.807) is 14.0 Å². The van der Waals surface area contributed by atoms with Crippen LogP contribution in [0.5, 0.6) is 11.5 Å². The minimum absolute atomic E-state index is 0.0817. The molecule has 1 N–H and O–H groups in total. The van der Waals surface area contributed by atoms with E-state index in [-0.39, 0.29) is 11.8 Å². The average molecular weight is 394 g/mol. The van der Waals surface area contributed by atoms with Crippen molar-refractivity contribution in [2.75, 3.05) is 13.7 Å². The van der Waals surface area contributed by atoms with E-state index in [0.29, 0.717) is 36.0 Å². The molecule has 152 valence electrons. The molecule has 0 radical (unpaired) electrons. The Balaban J connectivity index is 1.92. The maximum atomic E-state index is 12.3. The molecule has 6 heteroatoms. The Morgan fingerprint density at radius 3 is 2.48 bits per heavy atom. The van der Waals surface area contributed by atoms with Crippen LogP contribution in [0.25, 0.3) is 0 Å². The van der Waals surface area contributed by atoms with E-state index in [0.717, 1.165) is 11.1 Å². The van der Waals surface area contributed by atoms with Crippen molar-refractivity contribution >= 4 is 11.8 Å². The van der Waals surface area contributed by atoms with Gasteiger partial charge in [0.25, 0.3) is 0 Å². The summed E-state index contributed by atoms with van der Waals surface area (Å²) in [6, 6.07) is 14.6. The molecule has 1 aliphatic rings. The zero-order valence-electron chi connectivity index (χ0n) is 17.2. The standard InChI is InChI=1S/C23H26N2O4/c1-5-28-20-13-18(11-12-19(20)29-14-17-9-7-6-8-10-17)22-21(16(3)26)15(2)25(4)23(27)24-22/h6-13,22H,5,14H2,1-4H3,(H,24,27)/t22-/m0/s1. The number of carbonyl (C=O) groups is 2. The number of hydrogen-bond acceptors (Lipinski definition) is 4. The lowest BCUT2D eigenvalue weighted by molar-refractivity contribution is -0.114. The van der Waals surface area contributed by atoms with E-state index in [2.05, 4.69) is 5.32 Å². The molecule has 0 bridgehead atoms. The highest BCUT2D eigenvalue weighted by Gasteiger charge is 2.32. The lowest BCUT2D eigenvalue weighted by atomic mass is 9.92.